The van der Waals surface area contributed by atoms with E-state index in [9.17, 15) is 4.79 Å². The first-order chi connectivity index (χ1) is 9.61. The summed E-state index contributed by atoms with van der Waals surface area (Å²) in [5.41, 5.74) is 0. The average molecular weight is 277 g/mol. The summed E-state index contributed by atoms with van der Waals surface area (Å²) in [5.74, 6) is 3.38. The van der Waals surface area contributed by atoms with Crippen molar-refractivity contribution in [1.82, 2.24) is 15.1 Å². The lowest BCUT2D eigenvalue weighted by molar-refractivity contribution is -0.131. The van der Waals surface area contributed by atoms with Crippen molar-refractivity contribution in [1.29, 1.82) is 0 Å². The summed E-state index contributed by atoms with van der Waals surface area (Å²) in [6.07, 6.45) is 0. The van der Waals surface area contributed by atoms with Crippen molar-refractivity contribution in [3.63, 3.8) is 0 Å². The monoisotopic (exact) mass is 277 g/mol. The number of fused-ring (bicyclic) bond motifs is 1. The van der Waals surface area contributed by atoms with Crippen LogP contribution in [0.25, 0.3) is 0 Å². The molecule has 2 atom stereocenters. The fourth-order valence-electron chi connectivity index (χ4n) is 3.29. The summed E-state index contributed by atoms with van der Waals surface area (Å²) >= 11 is 0. The lowest BCUT2D eigenvalue weighted by Crippen LogP contribution is -2.38. The van der Waals surface area contributed by atoms with Crippen molar-refractivity contribution >= 4 is 5.91 Å². The molecule has 0 radical (unpaired) electrons. The fourth-order valence-corrected chi connectivity index (χ4v) is 3.29. The molecule has 0 aliphatic carbocycles. The molecule has 110 valence electrons. The van der Waals surface area contributed by atoms with Crippen molar-refractivity contribution in [2.45, 2.75) is 13.5 Å². The number of hydrogen-bond donors (Lipinski definition) is 1. The van der Waals surface area contributed by atoms with Crippen LogP contribution in [0.15, 0.2) is 16.5 Å². The number of likely N-dealkylation sites (tertiary alicyclic amines) is 1. The summed E-state index contributed by atoms with van der Waals surface area (Å²) < 4.78 is 5.52. The fraction of sp³-hybridized carbons (Fsp3) is 0.667. The summed E-state index contributed by atoms with van der Waals surface area (Å²) in [6.45, 7) is 7.32. The second-order valence-corrected chi connectivity index (χ2v) is 6.13. The number of likely N-dealkylation sites (N-methyl/N-ethyl adjacent to an activating group) is 1. The molecule has 1 aromatic heterocycles. The first kappa shape index (κ1) is 13.6. The van der Waals surface area contributed by atoms with Crippen LogP contribution in [0.3, 0.4) is 0 Å². The first-order valence-corrected chi connectivity index (χ1v) is 7.34. The molecule has 5 nitrogen and oxygen atoms in total. The second-order valence-electron chi connectivity index (χ2n) is 6.13. The minimum Gasteiger partial charge on any atom is -0.464 e. The van der Waals surface area contributed by atoms with Crippen LogP contribution < -0.4 is 5.32 Å². The van der Waals surface area contributed by atoms with E-state index in [2.05, 4.69) is 10.2 Å². The van der Waals surface area contributed by atoms with Crippen molar-refractivity contribution < 1.29 is 9.21 Å². The molecule has 3 heterocycles. The molecule has 20 heavy (non-hydrogen) atoms. The molecular weight excluding hydrogens is 254 g/mol. The van der Waals surface area contributed by atoms with Crippen LogP contribution in [0.5, 0.6) is 0 Å². The van der Waals surface area contributed by atoms with Gasteiger partial charge in [0.25, 0.3) is 0 Å². The number of carbonyl (C=O) groups is 1. The van der Waals surface area contributed by atoms with E-state index in [0.717, 1.165) is 49.5 Å². The molecule has 2 aliphatic rings. The molecule has 5 heteroatoms. The zero-order valence-electron chi connectivity index (χ0n) is 12.3. The number of nitrogens with zero attached hydrogens (tertiary/aromatic N) is 2. The van der Waals surface area contributed by atoms with E-state index in [0.29, 0.717) is 13.1 Å². The Kier molecular flexibility index (Phi) is 3.81. The largest absolute Gasteiger partial charge is 0.464 e. The topological polar surface area (TPSA) is 48.7 Å². The summed E-state index contributed by atoms with van der Waals surface area (Å²) in [7, 11) is 1.85. The smallest absolute Gasteiger partial charge is 0.236 e. The molecular formula is C15H23N3O2. The van der Waals surface area contributed by atoms with Crippen LogP contribution in [-0.4, -0.2) is 55.5 Å². The molecule has 2 saturated heterocycles. The van der Waals surface area contributed by atoms with Crippen LogP contribution in [0.2, 0.25) is 0 Å². The molecule has 1 aromatic rings. The van der Waals surface area contributed by atoms with E-state index in [-0.39, 0.29) is 5.91 Å². The third-order valence-electron chi connectivity index (χ3n) is 4.44. The number of aryl methyl sites for hydroxylation is 1. The van der Waals surface area contributed by atoms with E-state index in [1.54, 1.807) is 4.90 Å². The van der Waals surface area contributed by atoms with Gasteiger partial charge in [0.15, 0.2) is 0 Å². The maximum Gasteiger partial charge on any atom is 0.236 e. The van der Waals surface area contributed by atoms with Gasteiger partial charge < -0.3 is 14.6 Å². The highest BCUT2D eigenvalue weighted by Gasteiger charge is 2.36. The highest BCUT2D eigenvalue weighted by molar-refractivity contribution is 5.78. The number of hydrogen-bond acceptors (Lipinski definition) is 4. The minimum atomic E-state index is 0.173. The van der Waals surface area contributed by atoms with Gasteiger partial charge in [-0.05, 0) is 44.0 Å². The highest BCUT2D eigenvalue weighted by Crippen LogP contribution is 2.25. The molecule has 0 saturated carbocycles. The Balaban J connectivity index is 1.49. The van der Waals surface area contributed by atoms with E-state index >= 15 is 0 Å². The number of furan rings is 1. The van der Waals surface area contributed by atoms with Crippen LogP contribution in [0.1, 0.15) is 11.5 Å². The van der Waals surface area contributed by atoms with Crippen molar-refractivity contribution in [2.24, 2.45) is 11.8 Å². The van der Waals surface area contributed by atoms with Crippen LogP contribution in [-0.2, 0) is 11.3 Å². The number of carbonyl (C=O) groups excluding carboxylic acids is 1. The summed E-state index contributed by atoms with van der Waals surface area (Å²) in [6, 6.07) is 3.87. The van der Waals surface area contributed by atoms with Crippen LogP contribution in [0, 0.1) is 18.8 Å². The number of amides is 1. The van der Waals surface area contributed by atoms with Gasteiger partial charge in [0.05, 0.1) is 13.1 Å². The maximum atomic E-state index is 12.3. The molecule has 0 aromatic carbocycles. The lowest BCUT2D eigenvalue weighted by atomic mass is 10.0. The molecule has 0 bridgehead atoms. The Morgan fingerprint density at radius 2 is 2.10 bits per heavy atom. The van der Waals surface area contributed by atoms with Crippen LogP contribution in [0.4, 0.5) is 0 Å². The standard InChI is InChI=1S/C15H23N3O2/c1-11-3-4-14(20-11)9-17(2)15(19)10-18-7-12-5-16-6-13(12)8-18/h3-4,12-13,16H,5-10H2,1-2H3/t12-,13+. The molecule has 2 fully saturated rings. The van der Waals surface area contributed by atoms with Gasteiger partial charge in [0.1, 0.15) is 11.5 Å². The Labute approximate surface area is 119 Å². The van der Waals surface area contributed by atoms with Crippen LogP contribution >= 0.6 is 0 Å². The highest BCUT2D eigenvalue weighted by atomic mass is 16.3. The molecule has 0 spiro atoms. The van der Waals surface area contributed by atoms with E-state index in [1.165, 1.54) is 0 Å². The molecule has 2 aliphatic heterocycles. The van der Waals surface area contributed by atoms with E-state index < -0.39 is 0 Å². The van der Waals surface area contributed by atoms with Gasteiger partial charge in [-0.15, -0.1) is 0 Å². The van der Waals surface area contributed by atoms with Crippen molar-refractivity contribution in [3.8, 4) is 0 Å². The van der Waals surface area contributed by atoms with Gasteiger partial charge in [-0.3, -0.25) is 9.69 Å². The van der Waals surface area contributed by atoms with Crippen molar-refractivity contribution in [2.75, 3.05) is 39.8 Å². The third-order valence-corrected chi connectivity index (χ3v) is 4.44. The Morgan fingerprint density at radius 1 is 1.40 bits per heavy atom. The number of nitrogens with one attached hydrogen (secondary N) is 1. The van der Waals surface area contributed by atoms with Gasteiger partial charge in [-0.2, -0.15) is 0 Å². The quantitative estimate of drug-likeness (QED) is 0.880. The lowest BCUT2D eigenvalue weighted by Gasteiger charge is -2.21. The van der Waals surface area contributed by atoms with E-state index in [4.69, 9.17) is 4.42 Å². The molecule has 1 amide bonds. The Bertz CT molecular complexity index is 473. The van der Waals surface area contributed by atoms with E-state index in [1.807, 2.05) is 26.1 Å². The maximum absolute atomic E-state index is 12.3. The normalized spacial score (nSPS) is 25.9. The zero-order chi connectivity index (χ0) is 14.1. The summed E-state index contributed by atoms with van der Waals surface area (Å²) in [5, 5.41) is 3.42. The predicted octanol–water partition coefficient (Wildman–Crippen LogP) is 0.698. The summed E-state index contributed by atoms with van der Waals surface area (Å²) in [4.78, 5) is 16.3. The van der Waals surface area contributed by atoms with Crippen molar-refractivity contribution in [3.05, 3.63) is 23.7 Å². The molecule has 3 rings (SSSR count). The Hall–Kier alpha value is -1.33. The zero-order valence-corrected chi connectivity index (χ0v) is 12.3. The minimum absolute atomic E-state index is 0.173. The predicted molar refractivity (Wildman–Crippen MR) is 76.2 cm³/mol. The van der Waals surface area contributed by atoms with Gasteiger partial charge in [-0.1, -0.05) is 0 Å². The Morgan fingerprint density at radius 3 is 2.70 bits per heavy atom. The molecule has 1 N–H and O–H groups in total. The van der Waals surface area contributed by atoms with Gasteiger partial charge in [-0.25, -0.2) is 0 Å². The molecule has 0 unspecified atom stereocenters. The first-order valence-electron chi connectivity index (χ1n) is 7.34. The number of rotatable bonds is 4. The van der Waals surface area contributed by atoms with Gasteiger partial charge in [0.2, 0.25) is 5.91 Å². The third kappa shape index (κ3) is 2.88. The van der Waals surface area contributed by atoms with Gasteiger partial charge >= 0.3 is 0 Å². The second kappa shape index (κ2) is 5.58. The SMILES string of the molecule is Cc1ccc(CN(C)C(=O)CN2C[C@H]3CNC[C@H]3C2)o1. The average Bonchev–Trinajstić information content (AvgIpc) is 3.05. The van der Waals surface area contributed by atoms with Gasteiger partial charge in [0, 0.05) is 20.1 Å².